The van der Waals surface area contributed by atoms with Crippen molar-refractivity contribution < 1.29 is 91.5 Å². The molecule has 0 saturated carbocycles. The third kappa shape index (κ3) is 14.4. The molecule has 7 nitrogen and oxygen atoms in total. The number of carbonyl (C=O) groups is 2. The normalized spacial score (nSPS) is 11.7. The first-order chi connectivity index (χ1) is 9.29. The Labute approximate surface area is 175 Å². The van der Waals surface area contributed by atoms with Crippen molar-refractivity contribution in [2.75, 3.05) is 6.61 Å². The molecule has 0 aliphatic rings. The van der Waals surface area contributed by atoms with Gasteiger partial charge in [-0.3, -0.25) is 14.1 Å². The number of hydrogen-bond acceptors (Lipinski definition) is 5. The number of carboxylic acid groups (broad SMARTS) is 1. The molecule has 1 unspecified atom stereocenters. The maximum Gasteiger partial charge on any atom is 1.00 e. The number of rotatable bonds is 11. The van der Waals surface area contributed by atoms with Crippen LogP contribution in [-0.2, 0) is 24.4 Å². The van der Waals surface area contributed by atoms with Crippen LogP contribution in [0, 0.1) is 0 Å². The fraction of sp³-hybridized carbons (Fsp3) is 0.833. The molecule has 0 aliphatic carbocycles. The Morgan fingerprint density at radius 1 is 1.05 bits per heavy atom. The average Bonchev–Trinajstić information content (AvgIpc) is 2.33. The molecule has 0 rings (SSSR count). The zero-order valence-corrected chi connectivity index (χ0v) is 18.4. The Hall–Kier alpha value is 0.850. The fourth-order valence-electron chi connectivity index (χ4n) is 1.62. The van der Waals surface area contributed by atoms with Crippen molar-refractivity contribution in [1.29, 1.82) is 0 Å². The molecular formula is C12H22Na2O7S+2. The van der Waals surface area contributed by atoms with Gasteiger partial charge in [0.1, 0.15) is 0 Å². The predicted octanol–water partition coefficient (Wildman–Crippen LogP) is -4.37. The molecule has 0 bridgehead atoms. The van der Waals surface area contributed by atoms with Gasteiger partial charge >= 0.3 is 71.1 Å². The quantitative estimate of drug-likeness (QED) is 0.166. The standard InChI is InChI=1S/C12H22O7S.2Na/c1-2-3-4-5-6-7-8-19-12(15)10(9-11(13)14)20(16,17)18;;/h10H,2-9H2,1H3,(H,13,14)(H,16,17,18);;/q;2*+1. The molecule has 0 aromatic heterocycles. The first-order valence-corrected chi connectivity index (χ1v) is 8.14. The second kappa shape index (κ2) is 15.4. The minimum absolute atomic E-state index is 0. The summed E-state index contributed by atoms with van der Waals surface area (Å²) in [5.74, 6) is -2.72. The number of esters is 1. The van der Waals surface area contributed by atoms with Crippen LogP contribution in [0.5, 0.6) is 0 Å². The van der Waals surface area contributed by atoms with E-state index in [0.29, 0.717) is 6.42 Å². The summed E-state index contributed by atoms with van der Waals surface area (Å²) in [7, 11) is -4.77. The van der Waals surface area contributed by atoms with Crippen LogP contribution >= 0.6 is 0 Å². The molecule has 0 fully saturated rings. The number of aliphatic carboxylic acids is 1. The van der Waals surface area contributed by atoms with E-state index in [4.69, 9.17) is 14.4 Å². The van der Waals surface area contributed by atoms with Gasteiger partial charge in [0.05, 0.1) is 13.0 Å². The van der Waals surface area contributed by atoms with Crippen LogP contribution in [0.3, 0.4) is 0 Å². The van der Waals surface area contributed by atoms with Gasteiger partial charge in [-0.25, -0.2) is 0 Å². The minimum atomic E-state index is -4.77. The summed E-state index contributed by atoms with van der Waals surface area (Å²) in [6.45, 7) is 2.12. The number of carbonyl (C=O) groups excluding carboxylic acids is 1. The van der Waals surface area contributed by atoms with Gasteiger partial charge in [-0.15, -0.1) is 0 Å². The van der Waals surface area contributed by atoms with Gasteiger partial charge in [0.15, 0.2) is 5.25 Å². The number of carboxylic acids is 1. The molecule has 118 valence electrons. The summed E-state index contributed by atoms with van der Waals surface area (Å²) >= 11 is 0. The van der Waals surface area contributed by atoms with Crippen molar-refractivity contribution in [3.05, 3.63) is 0 Å². The van der Waals surface area contributed by atoms with Crippen LogP contribution in [0.2, 0.25) is 0 Å². The molecule has 22 heavy (non-hydrogen) atoms. The molecule has 1 atom stereocenters. The average molecular weight is 356 g/mol. The van der Waals surface area contributed by atoms with E-state index >= 15 is 0 Å². The van der Waals surface area contributed by atoms with Gasteiger partial charge in [0, 0.05) is 0 Å². The van der Waals surface area contributed by atoms with Crippen molar-refractivity contribution in [2.24, 2.45) is 0 Å². The van der Waals surface area contributed by atoms with Gasteiger partial charge in [0.25, 0.3) is 10.1 Å². The molecule has 0 aliphatic heterocycles. The number of hydrogen-bond donors (Lipinski definition) is 2. The van der Waals surface area contributed by atoms with Crippen molar-refractivity contribution in [3.8, 4) is 0 Å². The molecule has 0 spiro atoms. The Balaban J connectivity index is -0.00000180. The zero-order chi connectivity index (χ0) is 15.6. The van der Waals surface area contributed by atoms with Crippen LogP contribution in [0.4, 0.5) is 0 Å². The number of unbranched alkanes of at least 4 members (excludes halogenated alkanes) is 5. The first kappa shape index (κ1) is 27.7. The molecule has 0 heterocycles. The monoisotopic (exact) mass is 356 g/mol. The summed E-state index contributed by atoms with van der Waals surface area (Å²) in [5.41, 5.74) is 0. The van der Waals surface area contributed by atoms with E-state index in [-0.39, 0.29) is 65.7 Å². The SMILES string of the molecule is CCCCCCCCOC(=O)C(CC(=O)O)S(=O)(=O)O.[Na+].[Na+]. The molecular weight excluding hydrogens is 334 g/mol. The van der Waals surface area contributed by atoms with E-state index in [1.807, 2.05) is 0 Å². The van der Waals surface area contributed by atoms with Crippen molar-refractivity contribution in [2.45, 2.75) is 57.1 Å². The van der Waals surface area contributed by atoms with Gasteiger partial charge in [-0.1, -0.05) is 39.0 Å². The van der Waals surface area contributed by atoms with Crippen LogP contribution < -0.4 is 59.1 Å². The summed E-state index contributed by atoms with van der Waals surface area (Å²) in [5, 5.41) is 6.45. The zero-order valence-electron chi connectivity index (χ0n) is 13.6. The van der Waals surface area contributed by atoms with E-state index in [1.165, 1.54) is 0 Å². The van der Waals surface area contributed by atoms with E-state index in [1.54, 1.807) is 0 Å². The maximum absolute atomic E-state index is 11.4. The largest absolute Gasteiger partial charge is 1.00 e. The molecule has 10 heteroatoms. The van der Waals surface area contributed by atoms with E-state index in [9.17, 15) is 18.0 Å². The van der Waals surface area contributed by atoms with Gasteiger partial charge in [0.2, 0.25) is 0 Å². The Kier molecular flexibility index (Phi) is 19.4. The van der Waals surface area contributed by atoms with Crippen LogP contribution in [0.25, 0.3) is 0 Å². The molecule has 0 aromatic rings. The minimum Gasteiger partial charge on any atom is -0.481 e. The predicted molar refractivity (Wildman–Crippen MR) is 71.9 cm³/mol. The third-order valence-electron chi connectivity index (χ3n) is 2.72. The van der Waals surface area contributed by atoms with Crippen LogP contribution in [0.15, 0.2) is 0 Å². The molecule has 0 amide bonds. The topological polar surface area (TPSA) is 118 Å². The second-order valence-corrected chi connectivity index (χ2v) is 6.14. The summed E-state index contributed by atoms with van der Waals surface area (Å²) in [6, 6.07) is 0. The summed E-state index contributed by atoms with van der Waals surface area (Å²) < 4.78 is 35.3. The smallest absolute Gasteiger partial charge is 0.481 e. The fourth-order valence-corrected chi connectivity index (χ4v) is 2.28. The van der Waals surface area contributed by atoms with Crippen LogP contribution in [0.1, 0.15) is 51.9 Å². The van der Waals surface area contributed by atoms with E-state index in [0.717, 1.165) is 32.1 Å². The first-order valence-electron chi connectivity index (χ1n) is 6.63. The van der Waals surface area contributed by atoms with Gasteiger partial charge in [-0.05, 0) is 6.42 Å². The van der Waals surface area contributed by atoms with Gasteiger partial charge in [-0.2, -0.15) is 8.42 Å². The van der Waals surface area contributed by atoms with E-state index < -0.39 is 33.7 Å². The van der Waals surface area contributed by atoms with Gasteiger partial charge < -0.3 is 9.84 Å². The Morgan fingerprint density at radius 3 is 2.00 bits per heavy atom. The summed E-state index contributed by atoms with van der Waals surface area (Å²) in [6.07, 6.45) is 4.79. The van der Waals surface area contributed by atoms with Crippen molar-refractivity contribution in [1.82, 2.24) is 0 Å². The molecule has 0 radical (unpaired) electrons. The summed E-state index contributed by atoms with van der Waals surface area (Å²) in [4.78, 5) is 21.9. The van der Waals surface area contributed by atoms with Crippen LogP contribution in [-0.4, -0.2) is 41.9 Å². The molecule has 2 N–H and O–H groups in total. The Bertz CT molecular complexity index is 412. The second-order valence-electron chi connectivity index (χ2n) is 4.54. The third-order valence-corrected chi connectivity index (χ3v) is 3.80. The number of ether oxygens (including phenoxy) is 1. The van der Waals surface area contributed by atoms with E-state index in [2.05, 4.69) is 6.92 Å². The molecule has 0 aromatic carbocycles. The molecule has 0 saturated heterocycles. The Morgan fingerprint density at radius 2 is 1.55 bits per heavy atom. The van der Waals surface area contributed by atoms with Crippen molar-refractivity contribution >= 4 is 22.1 Å². The van der Waals surface area contributed by atoms with Crippen molar-refractivity contribution in [3.63, 3.8) is 0 Å². The maximum atomic E-state index is 11.4.